The molecule has 1 atom stereocenters. The van der Waals surface area contributed by atoms with E-state index < -0.39 is 0 Å². The Hall–Kier alpha value is -2.76. The molecular weight excluding hydrogens is 362 g/mol. The molecule has 3 rings (SSSR count). The molecule has 1 aliphatic rings. The number of nitrogens with one attached hydrogen (secondary N) is 2. The van der Waals surface area contributed by atoms with Crippen molar-refractivity contribution in [3.63, 3.8) is 0 Å². The van der Waals surface area contributed by atoms with Crippen molar-refractivity contribution in [3.05, 3.63) is 53.7 Å². The van der Waals surface area contributed by atoms with Gasteiger partial charge in [-0.1, -0.05) is 19.1 Å². The lowest BCUT2D eigenvalue weighted by Crippen LogP contribution is -2.37. The zero-order chi connectivity index (χ0) is 20.5. The highest BCUT2D eigenvalue weighted by molar-refractivity contribution is 5.79. The number of pyridine rings is 1. The van der Waals surface area contributed by atoms with Crippen LogP contribution in [0, 0.1) is 0 Å². The summed E-state index contributed by atoms with van der Waals surface area (Å²) in [5.41, 5.74) is 2.54. The van der Waals surface area contributed by atoms with E-state index in [1.165, 1.54) is 24.0 Å². The van der Waals surface area contributed by atoms with E-state index >= 15 is 0 Å². The molecule has 1 unspecified atom stereocenters. The van der Waals surface area contributed by atoms with Gasteiger partial charge in [-0.15, -0.1) is 0 Å². The van der Waals surface area contributed by atoms with Crippen molar-refractivity contribution >= 4 is 11.8 Å². The fraction of sp³-hybridized carbons (Fsp3) is 0.478. The highest BCUT2D eigenvalue weighted by atomic mass is 16.5. The monoisotopic (exact) mass is 395 g/mol. The second kappa shape index (κ2) is 10.7. The van der Waals surface area contributed by atoms with Crippen LogP contribution in [0.5, 0.6) is 5.75 Å². The van der Waals surface area contributed by atoms with E-state index in [2.05, 4.69) is 56.7 Å². The molecule has 0 radical (unpaired) electrons. The zero-order valence-corrected chi connectivity index (χ0v) is 17.8. The molecule has 0 spiro atoms. The summed E-state index contributed by atoms with van der Waals surface area (Å²) in [6.45, 7) is 6.06. The molecule has 1 fully saturated rings. The van der Waals surface area contributed by atoms with Crippen molar-refractivity contribution in [2.45, 2.75) is 38.6 Å². The van der Waals surface area contributed by atoms with Crippen molar-refractivity contribution in [2.24, 2.45) is 4.99 Å². The number of aromatic nitrogens is 1. The number of nitrogens with zero attached hydrogens (tertiary/aromatic N) is 3. The van der Waals surface area contributed by atoms with E-state index in [1.54, 1.807) is 7.11 Å². The van der Waals surface area contributed by atoms with Crippen molar-refractivity contribution in [3.8, 4) is 5.75 Å². The maximum atomic E-state index is 5.23. The third-order valence-electron chi connectivity index (χ3n) is 5.48. The molecule has 0 bridgehead atoms. The van der Waals surface area contributed by atoms with E-state index in [4.69, 9.17) is 4.74 Å². The fourth-order valence-electron chi connectivity index (χ4n) is 3.60. The highest BCUT2D eigenvalue weighted by Gasteiger charge is 2.13. The fourth-order valence-corrected chi connectivity index (χ4v) is 3.60. The molecule has 6 nitrogen and oxygen atoms in total. The van der Waals surface area contributed by atoms with Gasteiger partial charge in [0.05, 0.1) is 7.11 Å². The van der Waals surface area contributed by atoms with Crippen molar-refractivity contribution in [1.82, 2.24) is 15.6 Å². The van der Waals surface area contributed by atoms with Crippen LogP contribution in [-0.2, 0) is 6.54 Å². The smallest absolute Gasteiger partial charge is 0.191 e. The number of methoxy groups -OCH3 is 1. The average molecular weight is 396 g/mol. The van der Waals surface area contributed by atoms with Gasteiger partial charge in [-0.3, -0.25) is 4.99 Å². The number of ether oxygens (including phenoxy) is 1. The third-order valence-corrected chi connectivity index (χ3v) is 5.48. The zero-order valence-electron chi connectivity index (χ0n) is 17.8. The van der Waals surface area contributed by atoms with Crippen LogP contribution in [0.3, 0.4) is 0 Å². The van der Waals surface area contributed by atoms with Crippen molar-refractivity contribution in [2.75, 3.05) is 38.7 Å². The van der Waals surface area contributed by atoms with Crippen LogP contribution < -0.4 is 20.3 Å². The van der Waals surface area contributed by atoms with Crippen LogP contribution in [0.2, 0.25) is 0 Å². The number of guanidine groups is 1. The summed E-state index contributed by atoms with van der Waals surface area (Å²) in [5, 5.41) is 6.83. The Balaban J connectivity index is 1.44. The van der Waals surface area contributed by atoms with E-state index in [1.807, 2.05) is 25.4 Å². The van der Waals surface area contributed by atoms with Crippen LogP contribution in [0.25, 0.3) is 0 Å². The summed E-state index contributed by atoms with van der Waals surface area (Å²) in [4.78, 5) is 11.2. The summed E-state index contributed by atoms with van der Waals surface area (Å²) in [5.74, 6) is 3.27. The Bertz CT molecular complexity index is 784. The van der Waals surface area contributed by atoms with Gasteiger partial charge >= 0.3 is 0 Å². The number of rotatable bonds is 8. The first-order valence-corrected chi connectivity index (χ1v) is 10.5. The lowest BCUT2D eigenvalue weighted by atomic mass is 9.98. The molecule has 2 aromatic rings. The molecule has 29 heavy (non-hydrogen) atoms. The minimum absolute atomic E-state index is 0.467. The molecule has 1 aromatic heterocycles. The number of benzene rings is 1. The Morgan fingerprint density at radius 3 is 2.62 bits per heavy atom. The van der Waals surface area contributed by atoms with Crippen LogP contribution >= 0.6 is 0 Å². The van der Waals surface area contributed by atoms with E-state index in [0.29, 0.717) is 5.92 Å². The summed E-state index contributed by atoms with van der Waals surface area (Å²) in [6, 6.07) is 12.6. The Labute approximate surface area is 174 Å². The van der Waals surface area contributed by atoms with Gasteiger partial charge in [0.15, 0.2) is 5.96 Å². The summed E-state index contributed by atoms with van der Waals surface area (Å²) in [7, 11) is 3.50. The molecule has 6 heteroatoms. The maximum Gasteiger partial charge on any atom is 0.191 e. The topological polar surface area (TPSA) is 61.8 Å². The molecule has 1 aromatic carbocycles. The van der Waals surface area contributed by atoms with Crippen LogP contribution in [0.1, 0.15) is 43.2 Å². The van der Waals surface area contributed by atoms with E-state index in [0.717, 1.165) is 50.1 Å². The van der Waals surface area contributed by atoms with E-state index in [-0.39, 0.29) is 0 Å². The van der Waals surface area contributed by atoms with Gasteiger partial charge in [0.2, 0.25) is 0 Å². The Morgan fingerprint density at radius 1 is 1.17 bits per heavy atom. The van der Waals surface area contributed by atoms with Gasteiger partial charge < -0.3 is 20.3 Å². The molecule has 2 heterocycles. The van der Waals surface area contributed by atoms with Crippen LogP contribution in [0.4, 0.5) is 5.82 Å². The highest BCUT2D eigenvalue weighted by Crippen LogP contribution is 2.21. The molecular formula is C23H33N5O. The van der Waals surface area contributed by atoms with Gasteiger partial charge in [0, 0.05) is 39.4 Å². The molecule has 0 saturated carbocycles. The predicted octanol–water partition coefficient (Wildman–Crippen LogP) is 3.55. The van der Waals surface area contributed by atoms with Crippen LogP contribution in [-0.4, -0.2) is 44.7 Å². The number of aliphatic imine (C=N–C) groups is 1. The second-order valence-electron chi connectivity index (χ2n) is 7.53. The predicted molar refractivity (Wildman–Crippen MR) is 120 cm³/mol. The SMILES string of the molecule is CN=C(NCCC(C)c1ccc(OC)cc1)NCc1ccnc(N2CCCC2)c1. The molecule has 0 amide bonds. The van der Waals surface area contributed by atoms with Gasteiger partial charge in [0.1, 0.15) is 11.6 Å². The third kappa shape index (κ3) is 6.11. The van der Waals surface area contributed by atoms with Crippen molar-refractivity contribution < 1.29 is 4.74 Å². The normalized spacial score (nSPS) is 15.3. The van der Waals surface area contributed by atoms with Gasteiger partial charge in [-0.05, 0) is 60.6 Å². The van der Waals surface area contributed by atoms with Gasteiger partial charge in [-0.25, -0.2) is 4.98 Å². The average Bonchev–Trinajstić information content (AvgIpc) is 3.31. The first-order chi connectivity index (χ1) is 14.2. The van der Waals surface area contributed by atoms with Gasteiger partial charge in [-0.2, -0.15) is 0 Å². The molecule has 2 N–H and O–H groups in total. The maximum absolute atomic E-state index is 5.23. The lowest BCUT2D eigenvalue weighted by Gasteiger charge is -2.18. The lowest BCUT2D eigenvalue weighted by molar-refractivity contribution is 0.414. The summed E-state index contributed by atoms with van der Waals surface area (Å²) in [6.07, 6.45) is 5.45. The summed E-state index contributed by atoms with van der Waals surface area (Å²) >= 11 is 0. The minimum Gasteiger partial charge on any atom is -0.497 e. The standard InChI is InChI=1S/C23H33N5O/c1-18(20-6-8-21(29-3)9-7-20)10-12-26-23(24-2)27-17-19-11-13-25-22(16-19)28-14-4-5-15-28/h6-9,11,13,16,18H,4-5,10,12,14-15,17H2,1-3H3,(H2,24,26,27). The number of hydrogen-bond acceptors (Lipinski definition) is 4. The number of anilines is 1. The Kier molecular flexibility index (Phi) is 7.73. The quantitative estimate of drug-likeness (QED) is 0.529. The molecule has 1 aliphatic heterocycles. The first kappa shape index (κ1) is 21.0. The van der Waals surface area contributed by atoms with E-state index in [9.17, 15) is 0 Å². The van der Waals surface area contributed by atoms with Crippen molar-refractivity contribution in [1.29, 1.82) is 0 Å². The summed E-state index contributed by atoms with van der Waals surface area (Å²) < 4.78 is 5.23. The number of hydrogen-bond donors (Lipinski definition) is 2. The van der Waals surface area contributed by atoms with Gasteiger partial charge in [0.25, 0.3) is 0 Å². The second-order valence-corrected chi connectivity index (χ2v) is 7.53. The minimum atomic E-state index is 0.467. The molecule has 1 saturated heterocycles. The molecule has 156 valence electrons. The largest absolute Gasteiger partial charge is 0.497 e. The molecule has 0 aliphatic carbocycles. The Morgan fingerprint density at radius 2 is 1.93 bits per heavy atom. The first-order valence-electron chi connectivity index (χ1n) is 10.5. The van der Waals surface area contributed by atoms with Crippen LogP contribution in [0.15, 0.2) is 47.6 Å².